The largest absolute Gasteiger partial charge is 0.278 e. The second-order valence-electron chi connectivity index (χ2n) is 5.21. The average molecular weight is 266 g/mol. The molecule has 2 heteroatoms. The molecule has 0 aromatic heterocycles. The molecule has 104 valence electrons. The summed E-state index contributed by atoms with van der Waals surface area (Å²) in [5, 5.41) is 4.57. The Labute approximate surface area is 121 Å². The monoisotopic (exact) mass is 266 g/mol. The van der Waals surface area contributed by atoms with Crippen molar-refractivity contribution in [3.8, 4) is 0 Å². The number of rotatable bonds is 4. The predicted octanol–water partition coefficient (Wildman–Crippen LogP) is 4.84. The summed E-state index contributed by atoms with van der Waals surface area (Å²) in [6, 6.07) is 14.8. The van der Waals surface area contributed by atoms with E-state index in [0.29, 0.717) is 0 Å². The molecule has 0 aliphatic carbocycles. The predicted molar refractivity (Wildman–Crippen MR) is 87.5 cm³/mol. The lowest BCUT2D eigenvalue weighted by Gasteiger charge is -2.09. The lowest BCUT2D eigenvalue weighted by Crippen LogP contribution is -2.03. The Morgan fingerprint density at radius 3 is 2.20 bits per heavy atom. The van der Waals surface area contributed by atoms with Gasteiger partial charge in [0, 0.05) is 0 Å². The van der Waals surface area contributed by atoms with E-state index in [1.165, 1.54) is 22.3 Å². The Bertz CT molecular complexity index is 610. The lowest BCUT2D eigenvalue weighted by molar-refractivity contribution is 1.21. The highest BCUT2D eigenvalue weighted by Crippen LogP contribution is 2.16. The molecule has 0 atom stereocenters. The molecule has 0 fully saturated rings. The molecule has 0 radical (unpaired) electrons. The molecule has 0 aliphatic heterocycles. The zero-order valence-electron chi connectivity index (χ0n) is 12.7. The van der Waals surface area contributed by atoms with Crippen LogP contribution in [0.15, 0.2) is 47.6 Å². The van der Waals surface area contributed by atoms with Crippen molar-refractivity contribution in [2.75, 3.05) is 5.43 Å². The van der Waals surface area contributed by atoms with Gasteiger partial charge in [-0.3, -0.25) is 5.43 Å². The number of hydrogen-bond acceptors (Lipinski definition) is 2. The van der Waals surface area contributed by atoms with Crippen molar-refractivity contribution in [3.05, 3.63) is 64.7 Å². The molecule has 2 aromatic rings. The third-order valence-corrected chi connectivity index (χ3v) is 3.41. The van der Waals surface area contributed by atoms with Crippen molar-refractivity contribution in [3.63, 3.8) is 0 Å². The highest BCUT2D eigenvalue weighted by molar-refractivity contribution is 6.00. The highest BCUT2D eigenvalue weighted by Gasteiger charge is 2.02. The van der Waals surface area contributed by atoms with E-state index >= 15 is 0 Å². The first-order valence-corrected chi connectivity index (χ1v) is 7.07. The third-order valence-electron chi connectivity index (χ3n) is 3.41. The number of hydrogen-bond donors (Lipinski definition) is 1. The van der Waals surface area contributed by atoms with Crippen molar-refractivity contribution < 1.29 is 0 Å². The van der Waals surface area contributed by atoms with Crippen LogP contribution >= 0.6 is 0 Å². The second kappa shape index (κ2) is 6.38. The van der Waals surface area contributed by atoms with E-state index in [1.54, 1.807) is 0 Å². The maximum atomic E-state index is 4.57. The third kappa shape index (κ3) is 3.47. The van der Waals surface area contributed by atoms with Gasteiger partial charge in [0.2, 0.25) is 0 Å². The van der Waals surface area contributed by atoms with E-state index < -0.39 is 0 Å². The van der Waals surface area contributed by atoms with Gasteiger partial charge in [-0.25, -0.2) is 0 Å². The van der Waals surface area contributed by atoms with Crippen molar-refractivity contribution in [1.29, 1.82) is 0 Å². The summed E-state index contributed by atoms with van der Waals surface area (Å²) in [5.41, 5.74) is 10.3. The molecule has 0 aliphatic rings. The van der Waals surface area contributed by atoms with Crippen LogP contribution in [0.2, 0.25) is 0 Å². The van der Waals surface area contributed by atoms with Crippen LogP contribution < -0.4 is 5.43 Å². The highest BCUT2D eigenvalue weighted by atomic mass is 15.3. The van der Waals surface area contributed by atoms with Gasteiger partial charge in [-0.2, -0.15) is 5.10 Å². The molecular formula is C18H22N2. The van der Waals surface area contributed by atoms with Crippen LogP contribution in [-0.4, -0.2) is 5.71 Å². The van der Waals surface area contributed by atoms with E-state index in [9.17, 15) is 0 Å². The van der Waals surface area contributed by atoms with Gasteiger partial charge in [-0.1, -0.05) is 54.4 Å². The lowest BCUT2D eigenvalue weighted by atomic mass is 10.1. The molecule has 0 unspecified atom stereocenters. The summed E-state index contributed by atoms with van der Waals surface area (Å²) in [4.78, 5) is 0. The van der Waals surface area contributed by atoms with Crippen molar-refractivity contribution in [1.82, 2.24) is 0 Å². The first-order chi connectivity index (χ1) is 9.60. The van der Waals surface area contributed by atoms with Crippen LogP contribution in [0.5, 0.6) is 0 Å². The number of anilines is 1. The van der Waals surface area contributed by atoms with E-state index in [1.807, 2.05) is 0 Å². The second-order valence-corrected chi connectivity index (χ2v) is 5.21. The van der Waals surface area contributed by atoms with Crippen LogP contribution in [-0.2, 0) is 0 Å². The Morgan fingerprint density at radius 2 is 1.60 bits per heavy atom. The fourth-order valence-corrected chi connectivity index (χ4v) is 2.16. The molecule has 2 nitrogen and oxygen atoms in total. The van der Waals surface area contributed by atoms with Crippen LogP contribution in [0, 0.1) is 20.8 Å². The Morgan fingerprint density at radius 1 is 0.950 bits per heavy atom. The van der Waals surface area contributed by atoms with E-state index in [2.05, 4.69) is 80.7 Å². The zero-order valence-corrected chi connectivity index (χ0v) is 12.7. The summed E-state index contributed by atoms with van der Waals surface area (Å²) in [6.45, 7) is 8.43. The minimum Gasteiger partial charge on any atom is -0.278 e. The maximum absolute atomic E-state index is 4.57. The Balaban J connectivity index is 2.21. The molecule has 0 heterocycles. The summed E-state index contributed by atoms with van der Waals surface area (Å²) < 4.78 is 0. The number of aryl methyl sites for hydroxylation is 3. The normalized spacial score (nSPS) is 11.5. The average Bonchev–Trinajstić information content (AvgIpc) is 2.43. The quantitative estimate of drug-likeness (QED) is 0.621. The molecule has 0 spiro atoms. The van der Waals surface area contributed by atoms with Crippen LogP contribution in [0.4, 0.5) is 5.69 Å². The fourth-order valence-electron chi connectivity index (χ4n) is 2.16. The molecule has 20 heavy (non-hydrogen) atoms. The summed E-state index contributed by atoms with van der Waals surface area (Å²) >= 11 is 0. The smallest absolute Gasteiger partial charge is 0.0676 e. The Kier molecular flexibility index (Phi) is 4.57. The summed E-state index contributed by atoms with van der Waals surface area (Å²) in [7, 11) is 0. The van der Waals surface area contributed by atoms with Gasteiger partial charge < -0.3 is 0 Å². The van der Waals surface area contributed by atoms with Gasteiger partial charge in [0.25, 0.3) is 0 Å². The van der Waals surface area contributed by atoms with Gasteiger partial charge in [0.05, 0.1) is 11.4 Å². The first-order valence-electron chi connectivity index (χ1n) is 7.07. The van der Waals surface area contributed by atoms with Gasteiger partial charge in [-0.05, 0) is 44.4 Å². The number of nitrogens with one attached hydrogen (secondary N) is 1. The molecule has 1 N–H and O–H groups in total. The van der Waals surface area contributed by atoms with Crippen molar-refractivity contribution in [2.45, 2.75) is 34.1 Å². The standard InChI is InChI=1S/C18H22N2/c1-5-17(16-9-6-13(2)7-10-16)19-20-18-11-8-14(3)12-15(18)4/h6-12,20H,5H2,1-4H3/b19-17-. The van der Waals surface area contributed by atoms with E-state index in [-0.39, 0.29) is 0 Å². The summed E-state index contributed by atoms with van der Waals surface area (Å²) in [6.07, 6.45) is 0.904. The molecule has 2 aromatic carbocycles. The Hall–Kier alpha value is -2.09. The van der Waals surface area contributed by atoms with E-state index in [0.717, 1.165) is 17.8 Å². The SMILES string of the molecule is CC/C(=N/Nc1ccc(C)cc1C)c1ccc(C)cc1. The van der Waals surface area contributed by atoms with E-state index in [4.69, 9.17) is 0 Å². The van der Waals surface area contributed by atoms with Gasteiger partial charge in [-0.15, -0.1) is 0 Å². The number of hydrazone groups is 1. The van der Waals surface area contributed by atoms with Gasteiger partial charge in [0.1, 0.15) is 0 Å². The van der Waals surface area contributed by atoms with Gasteiger partial charge >= 0.3 is 0 Å². The number of benzene rings is 2. The van der Waals surface area contributed by atoms with Gasteiger partial charge in [0.15, 0.2) is 0 Å². The minimum absolute atomic E-state index is 0.904. The molecule has 0 amide bonds. The number of nitrogens with zero attached hydrogens (tertiary/aromatic N) is 1. The fraction of sp³-hybridized carbons (Fsp3) is 0.278. The van der Waals surface area contributed by atoms with Crippen molar-refractivity contribution in [2.24, 2.45) is 5.10 Å². The topological polar surface area (TPSA) is 24.4 Å². The first kappa shape index (κ1) is 14.3. The zero-order chi connectivity index (χ0) is 14.5. The maximum Gasteiger partial charge on any atom is 0.0676 e. The van der Waals surface area contributed by atoms with Crippen molar-refractivity contribution >= 4 is 11.4 Å². The summed E-state index contributed by atoms with van der Waals surface area (Å²) in [5.74, 6) is 0. The minimum atomic E-state index is 0.904. The molecular weight excluding hydrogens is 244 g/mol. The molecule has 2 rings (SSSR count). The van der Waals surface area contributed by atoms with Crippen LogP contribution in [0.25, 0.3) is 0 Å². The molecule has 0 saturated heterocycles. The molecule has 0 saturated carbocycles. The molecule has 0 bridgehead atoms. The van der Waals surface area contributed by atoms with Crippen LogP contribution in [0.1, 0.15) is 35.6 Å². The van der Waals surface area contributed by atoms with Crippen LogP contribution in [0.3, 0.4) is 0 Å².